The smallest absolute Gasteiger partial charge is 0.335 e. The lowest BCUT2D eigenvalue weighted by molar-refractivity contribution is -0.122. The SMILES string of the molecule is CCCOc1ccc(N2C(=O)NC(=O)/C(=C\c3ccccc3OCC(=O)Nc3cccc(C)c3)C2=O)cc1OCC. The number of anilines is 2. The van der Waals surface area contributed by atoms with Gasteiger partial charge in [0, 0.05) is 17.3 Å². The third-order valence-electron chi connectivity index (χ3n) is 5.93. The van der Waals surface area contributed by atoms with Crippen molar-refractivity contribution in [3.05, 3.63) is 83.4 Å². The van der Waals surface area contributed by atoms with Gasteiger partial charge in [-0.1, -0.05) is 37.3 Å². The van der Waals surface area contributed by atoms with Gasteiger partial charge >= 0.3 is 6.03 Å². The van der Waals surface area contributed by atoms with Crippen molar-refractivity contribution < 1.29 is 33.4 Å². The summed E-state index contributed by atoms with van der Waals surface area (Å²) < 4.78 is 17.1. The fourth-order valence-electron chi connectivity index (χ4n) is 4.08. The van der Waals surface area contributed by atoms with E-state index in [1.54, 1.807) is 49.4 Å². The Bertz CT molecular complexity index is 1500. The second-order valence-corrected chi connectivity index (χ2v) is 9.11. The van der Waals surface area contributed by atoms with Gasteiger partial charge in [0.1, 0.15) is 11.3 Å². The van der Waals surface area contributed by atoms with E-state index < -0.39 is 17.8 Å². The van der Waals surface area contributed by atoms with Gasteiger partial charge in [-0.2, -0.15) is 0 Å². The molecule has 0 aliphatic carbocycles. The van der Waals surface area contributed by atoms with E-state index in [2.05, 4.69) is 10.6 Å². The number of para-hydroxylation sites is 1. The van der Waals surface area contributed by atoms with E-state index in [1.165, 1.54) is 12.1 Å². The third kappa shape index (κ3) is 7.10. The molecule has 1 aliphatic heterocycles. The Balaban J connectivity index is 1.56. The van der Waals surface area contributed by atoms with Crippen LogP contribution in [-0.2, 0) is 14.4 Å². The summed E-state index contributed by atoms with van der Waals surface area (Å²) in [5, 5.41) is 4.98. The van der Waals surface area contributed by atoms with Crippen LogP contribution in [0, 0.1) is 6.92 Å². The average molecular weight is 558 g/mol. The van der Waals surface area contributed by atoms with E-state index in [4.69, 9.17) is 14.2 Å². The van der Waals surface area contributed by atoms with Crippen molar-refractivity contribution in [2.75, 3.05) is 30.0 Å². The molecule has 1 fully saturated rings. The topological polar surface area (TPSA) is 123 Å². The van der Waals surface area contributed by atoms with Crippen molar-refractivity contribution in [1.29, 1.82) is 0 Å². The fraction of sp³-hybridized carbons (Fsp3) is 0.226. The van der Waals surface area contributed by atoms with Crippen molar-refractivity contribution in [1.82, 2.24) is 5.32 Å². The molecule has 41 heavy (non-hydrogen) atoms. The molecule has 0 radical (unpaired) electrons. The molecule has 1 saturated heterocycles. The zero-order chi connectivity index (χ0) is 29.4. The summed E-state index contributed by atoms with van der Waals surface area (Å²) in [7, 11) is 0. The van der Waals surface area contributed by atoms with Crippen molar-refractivity contribution in [2.24, 2.45) is 0 Å². The summed E-state index contributed by atoms with van der Waals surface area (Å²) in [6, 6.07) is 17.8. The van der Waals surface area contributed by atoms with Gasteiger partial charge in [-0.3, -0.25) is 19.7 Å². The Morgan fingerprint density at radius 2 is 1.71 bits per heavy atom. The number of rotatable bonds is 11. The van der Waals surface area contributed by atoms with Crippen LogP contribution in [0.3, 0.4) is 0 Å². The molecule has 3 aromatic rings. The van der Waals surface area contributed by atoms with Crippen LogP contribution in [-0.4, -0.2) is 43.6 Å². The molecular formula is C31H31N3O7. The molecule has 0 bridgehead atoms. The number of ether oxygens (including phenoxy) is 3. The van der Waals surface area contributed by atoms with Gasteiger partial charge in [0.05, 0.1) is 18.9 Å². The highest BCUT2D eigenvalue weighted by molar-refractivity contribution is 6.39. The number of carbonyl (C=O) groups excluding carboxylic acids is 4. The number of barbiturate groups is 1. The van der Waals surface area contributed by atoms with Crippen molar-refractivity contribution >= 4 is 41.2 Å². The van der Waals surface area contributed by atoms with Gasteiger partial charge in [0.15, 0.2) is 18.1 Å². The number of carbonyl (C=O) groups is 4. The first-order chi connectivity index (χ1) is 19.8. The average Bonchev–Trinajstić information content (AvgIpc) is 2.94. The Morgan fingerprint density at radius 1 is 0.902 bits per heavy atom. The molecule has 1 heterocycles. The number of hydrogen-bond donors (Lipinski definition) is 2. The number of imide groups is 2. The maximum Gasteiger partial charge on any atom is 0.335 e. The zero-order valence-electron chi connectivity index (χ0n) is 23.1. The molecule has 2 N–H and O–H groups in total. The van der Waals surface area contributed by atoms with Gasteiger partial charge in [-0.05, 0) is 62.2 Å². The molecule has 5 amide bonds. The number of nitrogens with zero attached hydrogens (tertiary/aromatic N) is 1. The molecule has 3 aromatic carbocycles. The molecule has 0 atom stereocenters. The summed E-state index contributed by atoms with van der Waals surface area (Å²) in [4.78, 5) is 52.3. The Kier molecular flexibility index (Phi) is 9.36. The summed E-state index contributed by atoms with van der Waals surface area (Å²) >= 11 is 0. The second-order valence-electron chi connectivity index (χ2n) is 9.11. The lowest BCUT2D eigenvalue weighted by Gasteiger charge is -2.27. The highest BCUT2D eigenvalue weighted by atomic mass is 16.5. The van der Waals surface area contributed by atoms with Gasteiger partial charge < -0.3 is 19.5 Å². The molecule has 4 rings (SSSR count). The quantitative estimate of drug-likeness (QED) is 0.255. The first kappa shape index (κ1) is 28.9. The molecular weight excluding hydrogens is 526 g/mol. The first-order valence-corrected chi connectivity index (χ1v) is 13.2. The van der Waals surface area contributed by atoms with E-state index in [9.17, 15) is 19.2 Å². The first-order valence-electron chi connectivity index (χ1n) is 13.2. The van der Waals surface area contributed by atoms with Crippen molar-refractivity contribution in [3.8, 4) is 17.2 Å². The van der Waals surface area contributed by atoms with Gasteiger partial charge in [-0.25, -0.2) is 9.69 Å². The number of amides is 5. The van der Waals surface area contributed by atoms with E-state index in [0.717, 1.165) is 16.9 Å². The maximum absolute atomic E-state index is 13.5. The molecule has 212 valence electrons. The van der Waals surface area contributed by atoms with E-state index >= 15 is 0 Å². The minimum Gasteiger partial charge on any atom is -0.490 e. The number of nitrogens with one attached hydrogen (secondary N) is 2. The van der Waals surface area contributed by atoms with Crippen LogP contribution in [0.25, 0.3) is 6.08 Å². The Morgan fingerprint density at radius 3 is 2.46 bits per heavy atom. The van der Waals surface area contributed by atoms with Crippen LogP contribution in [0.2, 0.25) is 0 Å². The van der Waals surface area contributed by atoms with Gasteiger partial charge in [0.25, 0.3) is 17.7 Å². The minimum atomic E-state index is -0.890. The Hall–Kier alpha value is -5.12. The number of benzene rings is 3. The Labute approximate surface area is 237 Å². The van der Waals surface area contributed by atoms with Crippen molar-refractivity contribution in [2.45, 2.75) is 27.2 Å². The van der Waals surface area contributed by atoms with E-state index in [-0.39, 0.29) is 29.5 Å². The minimum absolute atomic E-state index is 0.204. The number of aryl methyl sites for hydroxylation is 1. The standard InChI is InChI=1S/C31H31N3O7/c1-4-15-40-26-14-13-23(18-27(26)39-5-2)34-30(37)24(29(36)33-31(34)38)17-21-10-6-7-12-25(21)41-19-28(35)32-22-11-8-9-20(3)16-22/h6-14,16-18H,4-5,15,19H2,1-3H3,(H,32,35)(H,33,36,38)/b24-17+. The predicted octanol–water partition coefficient (Wildman–Crippen LogP) is 4.87. The molecule has 0 saturated carbocycles. The monoisotopic (exact) mass is 557 g/mol. The fourth-order valence-corrected chi connectivity index (χ4v) is 4.08. The third-order valence-corrected chi connectivity index (χ3v) is 5.93. The summed E-state index contributed by atoms with van der Waals surface area (Å²) in [6.07, 6.45) is 2.12. The van der Waals surface area contributed by atoms with Crippen LogP contribution in [0.4, 0.5) is 16.2 Å². The van der Waals surface area contributed by atoms with Crippen LogP contribution in [0.5, 0.6) is 17.2 Å². The van der Waals surface area contributed by atoms with E-state index in [1.807, 2.05) is 32.0 Å². The normalized spacial score (nSPS) is 14.1. The van der Waals surface area contributed by atoms with Gasteiger partial charge in [-0.15, -0.1) is 0 Å². The lowest BCUT2D eigenvalue weighted by Crippen LogP contribution is -2.54. The largest absolute Gasteiger partial charge is 0.490 e. The molecule has 0 unspecified atom stereocenters. The summed E-state index contributed by atoms with van der Waals surface area (Å²) in [5.41, 5.74) is 1.94. The molecule has 1 aliphatic rings. The molecule has 10 heteroatoms. The van der Waals surface area contributed by atoms with E-state index in [0.29, 0.717) is 36.0 Å². The molecule has 10 nitrogen and oxygen atoms in total. The van der Waals surface area contributed by atoms with Crippen LogP contribution >= 0.6 is 0 Å². The van der Waals surface area contributed by atoms with Crippen LogP contribution in [0.1, 0.15) is 31.4 Å². The highest BCUT2D eigenvalue weighted by Crippen LogP contribution is 2.34. The highest BCUT2D eigenvalue weighted by Gasteiger charge is 2.37. The summed E-state index contributed by atoms with van der Waals surface area (Å²) in [6.45, 7) is 6.21. The van der Waals surface area contributed by atoms with Crippen LogP contribution < -0.4 is 29.7 Å². The predicted molar refractivity (Wildman–Crippen MR) is 154 cm³/mol. The maximum atomic E-state index is 13.5. The zero-order valence-corrected chi connectivity index (χ0v) is 23.1. The van der Waals surface area contributed by atoms with Gasteiger partial charge in [0.2, 0.25) is 0 Å². The molecule has 0 spiro atoms. The summed E-state index contributed by atoms with van der Waals surface area (Å²) in [5.74, 6) is -0.931. The number of hydrogen-bond acceptors (Lipinski definition) is 7. The van der Waals surface area contributed by atoms with Crippen molar-refractivity contribution in [3.63, 3.8) is 0 Å². The number of urea groups is 1. The molecule has 0 aromatic heterocycles. The lowest BCUT2D eigenvalue weighted by atomic mass is 10.1. The van der Waals surface area contributed by atoms with Crippen LogP contribution in [0.15, 0.2) is 72.3 Å². The second kappa shape index (κ2) is 13.3.